The van der Waals surface area contributed by atoms with E-state index in [1.807, 2.05) is 29.6 Å². The lowest BCUT2D eigenvalue weighted by molar-refractivity contribution is 0.0777. The molecule has 0 saturated carbocycles. The van der Waals surface area contributed by atoms with Gasteiger partial charge in [0.05, 0.1) is 17.6 Å². The summed E-state index contributed by atoms with van der Waals surface area (Å²) in [6, 6.07) is 14.1. The third-order valence-electron chi connectivity index (χ3n) is 4.51. The molecule has 0 radical (unpaired) electrons. The van der Waals surface area contributed by atoms with Gasteiger partial charge in [-0.2, -0.15) is 0 Å². The highest BCUT2D eigenvalue weighted by Gasteiger charge is 2.18. The van der Waals surface area contributed by atoms with E-state index in [4.69, 9.17) is 0 Å². The fourth-order valence-corrected chi connectivity index (χ4v) is 4.01. The molecule has 2 aromatic carbocycles. The first-order valence-corrected chi connectivity index (χ1v) is 9.61. The number of hydrogen-bond acceptors (Lipinski definition) is 4. The summed E-state index contributed by atoms with van der Waals surface area (Å²) in [5.74, 6) is 0.652. The Bertz CT molecular complexity index is 1100. The van der Waals surface area contributed by atoms with Crippen molar-refractivity contribution in [2.45, 2.75) is 20.4 Å². The van der Waals surface area contributed by atoms with Gasteiger partial charge in [0, 0.05) is 18.0 Å². The van der Waals surface area contributed by atoms with Gasteiger partial charge in [-0.3, -0.25) is 4.79 Å². The van der Waals surface area contributed by atoms with Crippen LogP contribution in [-0.4, -0.2) is 32.8 Å². The average molecular weight is 376 g/mol. The second-order valence-corrected chi connectivity index (χ2v) is 7.58. The Morgan fingerprint density at radius 2 is 1.96 bits per heavy atom. The molecular weight excluding hydrogens is 356 g/mol. The number of benzene rings is 2. The zero-order valence-corrected chi connectivity index (χ0v) is 16.3. The molecule has 136 valence electrons. The van der Waals surface area contributed by atoms with Gasteiger partial charge < -0.3 is 9.88 Å². The summed E-state index contributed by atoms with van der Waals surface area (Å²) in [6.07, 6.45) is 0. The van der Waals surface area contributed by atoms with Gasteiger partial charge in [-0.1, -0.05) is 35.9 Å². The Hall–Kier alpha value is -2.99. The van der Waals surface area contributed by atoms with Crippen molar-refractivity contribution in [2.75, 3.05) is 7.05 Å². The molecule has 1 N–H and O–H groups in total. The van der Waals surface area contributed by atoms with Gasteiger partial charge in [0.1, 0.15) is 16.5 Å². The summed E-state index contributed by atoms with van der Waals surface area (Å²) in [5, 5.41) is 2.69. The highest BCUT2D eigenvalue weighted by molar-refractivity contribution is 7.13. The van der Waals surface area contributed by atoms with Crippen molar-refractivity contribution >= 4 is 28.3 Å². The van der Waals surface area contributed by atoms with Crippen LogP contribution in [-0.2, 0) is 6.54 Å². The topological polar surface area (TPSA) is 61.9 Å². The van der Waals surface area contributed by atoms with Gasteiger partial charge in [-0.15, -0.1) is 11.3 Å². The smallest absolute Gasteiger partial charge is 0.273 e. The molecule has 2 aromatic heterocycles. The SMILES string of the molecule is Cc1ccc(-c2nc(C(=O)N(C)Cc3nc4ccccc4[nH]3)cs2)c(C)c1. The quantitative estimate of drug-likeness (QED) is 0.567. The molecule has 5 nitrogen and oxygen atoms in total. The van der Waals surface area contributed by atoms with Crippen molar-refractivity contribution in [2.24, 2.45) is 0 Å². The van der Waals surface area contributed by atoms with E-state index in [2.05, 4.69) is 47.0 Å². The van der Waals surface area contributed by atoms with Crippen LogP contribution in [0.15, 0.2) is 47.8 Å². The van der Waals surface area contributed by atoms with E-state index in [1.54, 1.807) is 11.9 Å². The van der Waals surface area contributed by atoms with Crippen molar-refractivity contribution < 1.29 is 4.79 Å². The van der Waals surface area contributed by atoms with Crippen molar-refractivity contribution in [1.82, 2.24) is 19.9 Å². The summed E-state index contributed by atoms with van der Waals surface area (Å²) < 4.78 is 0. The number of nitrogens with one attached hydrogen (secondary N) is 1. The molecule has 0 aliphatic heterocycles. The van der Waals surface area contributed by atoms with Crippen LogP contribution in [0, 0.1) is 13.8 Å². The Morgan fingerprint density at radius 3 is 2.74 bits per heavy atom. The van der Waals surface area contributed by atoms with E-state index in [0.717, 1.165) is 27.4 Å². The number of imidazole rings is 1. The van der Waals surface area contributed by atoms with Crippen LogP contribution >= 0.6 is 11.3 Å². The first-order chi connectivity index (χ1) is 13.0. The number of H-pyrrole nitrogens is 1. The number of thiazole rings is 1. The molecule has 1 amide bonds. The summed E-state index contributed by atoms with van der Waals surface area (Å²) in [4.78, 5) is 26.8. The largest absolute Gasteiger partial charge is 0.340 e. The Kier molecular flexibility index (Phi) is 4.49. The van der Waals surface area contributed by atoms with Crippen LogP contribution in [0.3, 0.4) is 0 Å². The third kappa shape index (κ3) is 3.48. The maximum absolute atomic E-state index is 12.8. The van der Waals surface area contributed by atoms with Crippen LogP contribution in [0.4, 0.5) is 0 Å². The van der Waals surface area contributed by atoms with Crippen LogP contribution in [0.5, 0.6) is 0 Å². The van der Waals surface area contributed by atoms with Gasteiger partial charge >= 0.3 is 0 Å². The van der Waals surface area contributed by atoms with E-state index in [0.29, 0.717) is 12.2 Å². The number of fused-ring (bicyclic) bond motifs is 1. The minimum Gasteiger partial charge on any atom is -0.340 e. The Labute approximate surface area is 161 Å². The summed E-state index contributed by atoms with van der Waals surface area (Å²) in [6.45, 7) is 4.55. The number of para-hydroxylation sites is 2. The molecule has 0 fully saturated rings. The number of amides is 1. The molecule has 0 aliphatic carbocycles. The number of carbonyl (C=O) groups is 1. The highest BCUT2D eigenvalue weighted by atomic mass is 32.1. The number of aromatic amines is 1. The second kappa shape index (κ2) is 6.96. The number of aryl methyl sites for hydroxylation is 2. The molecule has 27 heavy (non-hydrogen) atoms. The number of carbonyl (C=O) groups excluding carboxylic acids is 1. The molecule has 0 aliphatic rings. The van der Waals surface area contributed by atoms with E-state index in [9.17, 15) is 4.79 Å². The number of rotatable bonds is 4. The van der Waals surface area contributed by atoms with Crippen LogP contribution in [0.2, 0.25) is 0 Å². The van der Waals surface area contributed by atoms with Crippen molar-refractivity contribution in [3.05, 3.63) is 70.5 Å². The zero-order valence-electron chi connectivity index (χ0n) is 15.5. The van der Waals surface area contributed by atoms with Gasteiger partial charge in [-0.05, 0) is 31.5 Å². The Morgan fingerprint density at radius 1 is 1.15 bits per heavy atom. The minimum atomic E-state index is -0.109. The van der Waals surface area contributed by atoms with Crippen LogP contribution in [0.25, 0.3) is 21.6 Å². The molecule has 4 aromatic rings. The van der Waals surface area contributed by atoms with E-state index < -0.39 is 0 Å². The number of aromatic nitrogens is 3. The van der Waals surface area contributed by atoms with E-state index in [-0.39, 0.29) is 5.91 Å². The van der Waals surface area contributed by atoms with Gasteiger partial charge in [0.15, 0.2) is 0 Å². The third-order valence-corrected chi connectivity index (χ3v) is 5.38. The van der Waals surface area contributed by atoms with Gasteiger partial charge in [0.2, 0.25) is 0 Å². The summed E-state index contributed by atoms with van der Waals surface area (Å²) in [7, 11) is 1.77. The van der Waals surface area contributed by atoms with Crippen LogP contribution in [0.1, 0.15) is 27.4 Å². The normalized spacial score (nSPS) is 11.1. The molecule has 0 unspecified atom stereocenters. The lowest BCUT2D eigenvalue weighted by Gasteiger charge is -2.14. The first kappa shape index (κ1) is 17.4. The maximum atomic E-state index is 12.8. The molecule has 6 heteroatoms. The predicted molar refractivity (Wildman–Crippen MR) is 109 cm³/mol. The van der Waals surface area contributed by atoms with Gasteiger partial charge in [-0.25, -0.2) is 9.97 Å². The van der Waals surface area contributed by atoms with Gasteiger partial charge in [0.25, 0.3) is 5.91 Å². The number of hydrogen-bond donors (Lipinski definition) is 1. The zero-order chi connectivity index (χ0) is 19.0. The summed E-state index contributed by atoms with van der Waals surface area (Å²) in [5.41, 5.74) is 5.80. The van der Waals surface area contributed by atoms with E-state index >= 15 is 0 Å². The van der Waals surface area contributed by atoms with Crippen molar-refractivity contribution in [1.29, 1.82) is 0 Å². The molecule has 0 atom stereocenters. The maximum Gasteiger partial charge on any atom is 0.273 e. The predicted octanol–water partition coefficient (Wildman–Crippen LogP) is 4.58. The standard InChI is InChI=1S/C21H20N4OS/c1-13-8-9-15(14(2)10-13)20-24-18(12-27-20)21(26)25(3)11-19-22-16-6-4-5-7-17(16)23-19/h4-10,12H,11H2,1-3H3,(H,22,23). The lowest BCUT2D eigenvalue weighted by Crippen LogP contribution is -2.27. The fraction of sp³-hybridized carbons (Fsp3) is 0.190. The number of nitrogens with zero attached hydrogens (tertiary/aromatic N) is 3. The van der Waals surface area contributed by atoms with Crippen LogP contribution < -0.4 is 0 Å². The summed E-state index contributed by atoms with van der Waals surface area (Å²) >= 11 is 1.50. The molecule has 2 heterocycles. The Balaban J connectivity index is 1.53. The fourth-order valence-electron chi connectivity index (χ4n) is 3.12. The molecule has 4 rings (SSSR count). The first-order valence-electron chi connectivity index (χ1n) is 8.73. The van der Waals surface area contributed by atoms with E-state index in [1.165, 1.54) is 22.5 Å². The molecular formula is C21H20N4OS. The molecule has 0 spiro atoms. The minimum absolute atomic E-state index is 0.109. The van der Waals surface area contributed by atoms with Crippen molar-refractivity contribution in [3.8, 4) is 10.6 Å². The lowest BCUT2D eigenvalue weighted by atomic mass is 10.1. The molecule has 0 saturated heterocycles. The second-order valence-electron chi connectivity index (χ2n) is 6.72. The molecule has 0 bridgehead atoms. The average Bonchev–Trinajstić information content (AvgIpc) is 3.27. The monoisotopic (exact) mass is 376 g/mol. The highest BCUT2D eigenvalue weighted by Crippen LogP contribution is 2.28. The van der Waals surface area contributed by atoms with Crippen molar-refractivity contribution in [3.63, 3.8) is 0 Å².